The fraction of sp³-hybridized carbons (Fsp3) is 0.286. The molecule has 0 spiro atoms. The van der Waals surface area contributed by atoms with Gasteiger partial charge >= 0.3 is 0 Å². The van der Waals surface area contributed by atoms with Gasteiger partial charge in [0.05, 0.1) is 14.2 Å². The molecule has 0 aliphatic carbocycles. The predicted octanol–water partition coefficient (Wildman–Crippen LogP) is 1.88. The minimum Gasteiger partial charge on any atom is -0.496 e. The van der Waals surface area contributed by atoms with Crippen LogP contribution in [0.5, 0.6) is 11.6 Å². The summed E-state index contributed by atoms with van der Waals surface area (Å²) in [7, 11) is 3.06. The summed E-state index contributed by atoms with van der Waals surface area (Å²) in [5.74, 6) is 0.907. The molecule has 0 amide bonds. The summed E-state index contributed by atoms with van der Waals surface area (Å²) in [5.41, 5.74) is 2.04. The molecule has 0 aliphatic rings. The van der Waals surface area contributed by atoms with Crippen molar-refractivity contribution >= 4 is 0 Å². The van der Waals surface area contributed by atoms with Crippen molar-refractivity contribution in [2.45, 2.75) is 13.0 Å². The molecular weight excluding hydrogens is 244 g/mol. The lowest BCUT2D eigenvalue weighted by atomic mass is 10.0. The van der Waals surface area contributed by atoms with Crippen LogP contribution in [-0.2, 0) is 0 Å². The van der Waals surface area contributed by atoms with Crippen LogP contribution in [-0.4, -0.2) is 29.3 Å². The Morgan fingerprint density at radius 1 is 1.11 bits per heavy atom. The topological polar surface area (TPSA) is 64.5 Å². The van der Waals surface area contributed by atoms with Crippen LogP contribution in [0.3, 0.4) is 0 Å². The molecule has 1 unspecified atom stereocenters. The van der Waals surface area contributed by atoms with Gasteiger partial charge in [-0.25, -0.2) is 4.98 Å². The molecule has 2 aromatic rings. The van der Waals surface area contributed by atoms with E-state index in [4.69, 9.17) is 9.47 Å². The van der Waals surface area contributed by atoms with Crippen LogP contribution in [0.1, 0.15) is 22.9 Å². The molecule has 1 heterocycles. The zero-order valence-electron chi connectivity index (χ0n) is 11.1. The maximum Gasteiger partial charge on any atom is 0.238 e. The Bertz CT molecular complexity index is 572. The lowest BCUT2D eigenvalue weighted by Gasteiger charge is -2.16. The molecule has 1 aromatic carbocycles. The van der Waals surface area contributed by atoms with Crippen molar-refractivity contribution < 1.29 is 14.6 Å². The van der Waals surface area contributed by atoms with Crippen molar-refractivity contribution in [3.8, 4) is 11.6 Å². The summed E-state index contributed by atoms with van der Waals surface area (Å²) in [6, 6.07) is 5.59. The average molecular weight is 260 g/mol. The van der Waals surface area contributed by atoms with Crippen molar-refractivity contribution in [2.24, 2.45) is 0 Å². The molecule has 5 heteroatoms. The van der Waals surface area contributed by atoms with E-state index >= 15 is 0 Å². The van der Waals surface area contributed by atoms with E-state index in [1.165, 1.54) is 19.5 Å². The van der Waals surface area contributed by atoms with Crippen LogP contribution in [0.4, 0.5) is 0 Å². The number of benzene rings is 1. The largest absolute Gasteiger partial charge is 0.496 e. The van der Waals surface area contributed by atoms with Crippen molar-refractivity contribution in [2.75, 3.05) is 14.2 Å². The molecular formula is C14H16N2O3. The Balaban J connectivity index is 2.49. The van der Waals surface area contributed by atoms with Crippen LogP contribution < -0.4 is 9.47 Å². The van der Waals surface area contributed by atoms with Crippen molar-refractivity contribution in [3.63, 3.8) is 0 Å². The lowest BCUT2D eigenvalue weighted by Crippen LogP contribution is -2.08. The minimum atomic E-state index is -0.946. The Hall–Kier alpha value is -2.14. The molecule has 2 rings (SSSR count). The molecule has 1 atom stereocenters. The molecule has 0 bridgehead atoms. The van der Waals surface area contributed by atoms with Gasteiger partial charge in [0, 0.05) is 18.0 Å². The SMILES string of the molecule is COc1ccc(C)cc1C(O)c1nccnc1OC. The van der Waals surface area contributed by atoms with Gasteiger partial charge in [-0.2, -0.15) is 0 Å². The highest BCUT2D eigenvalue weighted by Crippen LogP contribution is 2.32. The summed E-state index contributed by atoms with van der Waals surface area (Å²) < 4.78 is 10.4. The molecule has 5 nitrogen and oxygen atoms in total. The fourth-order valence-corrected chi connectivity index (χ4v) is 1.90. The first-order chi connectivity index (χ1) is 9.17. The molecule has 0 fully saturated rings. The molecule has 0 aliphatic heterocycles. The van der Waals surface area contributed by atoms with E-state index in [1.807, 2.05) is 25.1 Å². The molecule has 0 saturated heterocycles. The second-order valence-corrected chi connectivity index (χ2v) is 4.10. The first kappa shape index (κ1) is 13.3. The first-order valence-corrected chi connectivity index (χ1v) is 5.85. The highest BCUT2D eigenvalue weighted by molar-refractivity contribution is 5.42. The van der Waals surface area contributed by atoms with Gasteiger partial charge in [0.15, 0.2) is 0 Å². The maximum atomic E-state index is 10.5. The number of nitrogens with zero attached hydrogens (tertiary/aromatic N) is 2. The summed E-state index contributed by atoms with van der Waals surface area (Å²) in [6.45, 7) is 1.95. The molecule has 19 heavy (non-hydrogen) atoms. The van der Waals surface area contributed by atoms with Crippen LogP contribution in [0.2, 0.25) is 0 Å². The molecule has 1 N–H and O–H groups in total. The first-order valence-electron chi connectivity index (χ1n) is 5.85. The van der Waals surface area contributed by atoms with Gasteiger partial charge in [0.25, 0.3) is 0 Å². The molecule has 0 saturated carbocycles. The van der Waals surface area contributed by atoms with Crippen molar-refractivity contribution in [1.29, 1.82) is 0 Å². The number of aromatic nitrogens is 2. The van der Waals surface area contributed by atoms with Crippen LogP contribution in [0.25, 0.3) is 0 Å². The van der Waals surface area contributed by atoms with E-state index in [2.05, 4.69) is 9.97 Å². The van der Waals surface area contributed by atoms with E-state index in [0.29, 0.717) is 22.9 Å². The average Bonchev–Trinajstić information content (AvgIpc) is 2.46. The van der Waals surface area contributed by atoms with Gasteiger partial charge in [-0.1, -0.05) is 11.6 Å². The summed E-state index contributed by atoms with van der Waals surface area (Å²) in [5, 5.41) is 10.5. The number of ether oxygens (including phenoxy) is 2. The monoisotopic (exact) mass is 260 g/mol. The number of hydrogen-bond donors (Lipinski definition) is 1. The Labute approximate surface area is 111 Å². The number of rotatable bonds is 4. The minimum absolute atomic E-state index is 0.304. The second-order valence-electron chi connectivity index (χ2n) is 4.10. The Morgan fingerprint density at radius 3 is 2.53 bits per heavy atom. The Kier molecular flexibility index (Phi) is 3.97. The van der Waals surface area contributed by atoms with Crippen LogP contribution in [0.15, 0.2) is 30.6 Å². The molecule has 1 aromatic heterocycles. The van der Waals surface area contributed by atoms with E-state index in [1.54, 1.807) is 7.11 Å². The second kappa shape index (κ2) is 5.67. The third-order valence-corrected chi connectivity index (χ3v) is 2.82. The third-order valence-electron chi connectivity index (χ3n) is 2.82. The van der Waals surface area contributed by atoms with Crippen molar-refractivity contribution in [3.05, 3.63) is 47.4 Å². The highest BCUT2D eigenvalue weighted by atomic mass is 16.5. The van der Waals surface area contributed by atoms with Gasteiger partial charge in [0.2, 0.25) is 5.88 Å². The number of hydrogen-bond acceptors (Lipinski definition) is 5. The smallest absolute Gasteiger partial charge is 0.238 e. The Morgan fingerprint density at radius 2 is 1.84 bits per heavy atom. The van der Waals surface area contributed by atoms with Crippen molar-refractivity contribution in [1.82, 2.24) is 9.97 Å². The van der Waals surface area contributed by atoms with Crippen LogP contribution in [0, 0.1) is 6.92 Å². The van der Waals surface area contributed by atoms with E-state index < -0.39 is 6.10 Å². The van der Waals surface area contributed by atoms with Gasteiger partial charge < -0.3 is 14.6 Å². The molecule has 0 radical (unpaired) electrons. The summed E-state index contributed by atoms with van der Waals surface area (Å²) in [4.78, 5) is 8.17. The van der Waals surface area contributed by atoms with E-state index in [0.717, 1.165) is 5.56 Å². The zero-order valence-corrected chi connectivity index (χ0v) is 11.1. The highest BCUT2D eigenvalue weighted by Gasteiger charge is 2.21. The van der Waals surface area contributed by atoms with Gasteiger partial charge in [-0.05, 0) is 19.1 Å². The van der Waals surface area contributed by atoms with Gasteiger partial charge in [0.1, 0.15) is 17.5 Å². The van der Waals surface area contributed by atoms with Crippen LogP contribution >= 0.6 is 0 Å². The third kappa shape index (κ3) is 2.66. The number of methoxy groups -OCH3 is 2. The maximum absolute atomic E-state index is 10.5. The summed E-state index contributed by atoms with van der Waals surface area (Å²) >= 11 is 0. The zero-order chi connectivity index (χ0) is 13.8. The standard InChI is InChI=1S/C14H16N2O3/c1-9-4-5-11(18-2)10(8-9)13(17)12-14(19-3)16-7-6-15-12/h4-8,13,17H,1-3H3. The lowest BCUT2D eigenvalue weighted by molar-refractivity contribution is 0.202. The fourth-order valence-electron chi connectivity index (χ4n) is 1.90. The number of aliphatic hydroxyl groups excluding tert-OH is 1. The van der Waals surface area contributed by atoms with Gasteiger partial charge in [-0.15, -0.1) is 0 Å². The number of aliphatic hydroxyl groups is 1. The quantitative estimate of drug-likeness (QED) is 0.909. The van der Waals surface area contributed by atoms with E-state index in [-0.39, 0.29) is 0 Å². The predicted molar refractivity (Wildman–Crippen MR) is 70.4 cm³/mol. The normalized spacial score (nSPS) is 12.0. The van der Waals surface area contributed by atoms with E-state index in [9.17, 15) is 5.11 Å². The van der Waals surface area contributed by atoms with Gasteiger partial charge in [-0.3, -0.25) is 4.98 Å². The summed E-state index contributed by atoms with van der Waals surface area (Å²) in [6.07, 6.45) is 2.09. The number of aryl methyl sites for hydroxylation is 1. The molecule has 100 valence electrons.